The van der Waals surface area contributed by atoms with Crippen LogP contribution in [0.1, 0.15) is 6.92 Å². The third kappa shape index (κ3) is 6.32. The molecule has 0 aromatic heterocycles. The van der Waals surface area contributed by atoms with Crippen LogP contribution in [0.15, 0.2) is 28.8 Å². The second-order valence-corrected chi connectivity index (χ2v) is 5.86. The Morgan fingerprint density at radius 1 is 1.39 bits per heavy atom. The maximum Gasteiger partial charge on any atom is 0.469 e. The van der Waals surface area contributed by atoms with Gasteiger partial charge in [-0.15, -0.1) is 0 Å². The lowest BCUT2D eigenvalue weighted by Gasteiger charge is -2.14. The van der Waals surface area contributed by atoms with Gasteiger partial charge in [0.2, 0.25) is 5.91 Å². The fourth-order valence-electron chi connectivity index (χ4n) is 1.70. The van der Waals surface area contributed by atoms with Crippen molar-refractivity contribution in [3.63, 3.8) is 0 Å². The number of phosphoric acid groups is 1. The number of phosphoric ester groups is 1. The Hall–Kier alpha value is -1.39. The number of hydrogen-bond donors (Lipinski definition) is 5. The largest absolute Gasteiger partial charge is 0.469 e. The number of hydrogen-bond acceptors (Lipinski definition) is 7. The van der Waals surface area contributed by atoms with E-state index < -0.39 is 44.9 Å². The Morgan fingerprint density at radius 2 is 2.04 bits per heavy atom. The van der Waals surface area contributed by atoms with Crippen molar-refractivity contribution in [2.24, 2.45) is 10.7 Å². The van der Waals surface area contributed by atoms with Gasteiger partial charge in [0.25, 0.3) is 0 Å². The van der Waals surface area contributed by atoms with E-state index >= 15 is 0 Å². The summed E-state index contributed by atoms with van der Waals surface area (Å²) in [6.45, 7) is 1.10. The Labute approximate surface area is 132 Å². The van der Waals surface area contributed by atoms with Gasteiger partial charge in [0, 0.05) is 6.21 Å². The molecule has 2 unspecified atom stereocenters. The number of aliphatic hydroxyl groups is 2. The van der Waals surface area contributed by atoms with E-state index in [4.69, 9.17) is 20.3 Å². The highest BCUT2D eigenvalue weighted by molar-refractivity contribution is 7.46. The van der Waals surface area contributed by atoms with Crippen molar-refractivity contribution in [1.29, 1.82) is 0 Å². The first kappa shape index (κ1) is 19.7. The number of nitrogens with two attached hydrogens (primary N) is 1. The van der Waals surface area contributed by atoms with Gasteiger partial charge in [-0.2, -0.15) is 0 Å². The monoisotopic (exact) mass is 350 g/mol. The highest BCUT2D eigenvalue weighted by atomic mass is 31.2. The number of primary amides is 1. The number of carbonyl (C=O) groups is 1. The van der Waals surface area contributed by atoms with Crippen LogP contribution >= 0.6 is 7.82 Å². The van der Waals surface area contributed by atoms with E-state index in [1.807, 2.05) is 0 Å². The van der Waals surface area contributed by atoms with Crippen LogP contribution in [0.5, 0.6) is 0 Å². The summed E-state index contributed by atoms with van der Waals surface area (Å²) in [7, 11) is -4.73. The van der Waals surface area contributed by atoms with Crippen LogP contribution in [-0.4, -0.2) is 63.3 Å². The Morgan fingerprint density at radius 3 is 2.57 bits per heavy atom. The van der Waals surface area contributed by atoms with E-state index in [1.54, 1.807) is 19.1 Å². The molecule has 0 aromatic rings. The SMILES string of the molecule is C/C=C\C=C(/C=N[C@@H]1OC(COP(=O)(O)O)[C@@H](O)C1O)C(N)=O. The van der Waals surface area contributed by atoms with E-state index in [-0.39, 0.29) is 5.57 Å². The maximum absolute atomic E-state index is 11.2. The number of aliphatic hydroxyl groups excluding tert-OH is 2. The minimum absolute atomic E-state index is 0.0447. The second-order valence-electron chi connectivity index (χ2n) is 4.62. The molecule has 1 rings (SSSR count). The number of aliphatic imine (C=N–C) groups is 1. The predicted octanol–water partition coefficient (Wildman–Crippen LogP) is -1.40. The predicted molar refractivity (Wildman–Crippen MR) is 79.3 cm³/mol. The lowest BCUT2D eigenvalue weighted by Crippen LogP contribution is -2.34. The molecule has 10 nitrogen and oxygen atoms in total. The molecule has 1 fully saturated rings. The van der Waals surface area contributed by atoms with Crippen molar-refractivity contribution in [3.8, 4) is 0 Å². The summed E-state index contributed by atoms with van der Waals surface area (Å²) in [6.07, 6.45) is 0.376. The molecule has 0 aromatic carbocycles. The molecule has 1 amide bonds. The van der Waals surface area contributed by atoms with Gasteiger partial charge in [-0.3, -0.25) is 14.3 Å². The van der Waals surface area contributed by atoms with E-state index in [2.05, 4.69) is 9.52 Å². The molecule has 0 spiro atoms. The minimum Gasteiger partial charge on any atom is -0.387 e. The molecule has 0 bridgehead atoms. The molecule has 0 aliphatic carbocycles. The second kappa shape index (κ2) is 8.46. The number of allylic oxidation sites excluding steroid dienone is 3. The highest BCUT2D eigenvalue weighted by Gasteiger charge is 2.43. The Balaban J connectivity index is 2.75. The molecule has 1 saturated heterocycles. The molecule has 0 saturated carbocycles. The normalized spacial score (nSPS) is 29.7. The van der Waals surface area contributed by atoms with Crippen LogP contribution in [0.3, 0.4) is 0 Å². The van der Waals surface area contributed by atoms with Crippen molar-refractivity contribution in [2.45, 2.75) is 31.5 Å². The molecular weight excluding hydrogens is 331 g/mol. The zero-order valence-corrected chi connectivity index (χ0v) is 13.1. The van der Waals surface area contributed by atoms with Gasteiger partial charge in [-0.05, 0) is 13.0 Å². The smallest absolute Gasteiger partial charge is 0.387 e. The van der Waals surface area contributed by atoms with Crippen molar-refractivity contribution < 1.29 is 38.6 Å². The van der Waals surface area contributed by atoms with E-state index in [0.717, 1.165) is 6.21 Å². The molecule has 130 valence electrons. The molecule has 1 aliphatic rings. The molecule has 11 heteroatoms. The van der Waals surface area contributed by atoms with Gasteiger partial charge >= 0.3 is 7.82 Å². The van der Waals surface area contributed by atoms with Crippen molar-refractivity contribution >= 4 is 19.9 Å². The van der Waals surface area contributed by atoms with Crippen LogP contribution in [0.25, 0.3) is 0 Å². The van der Waals surface area contributed by atoms with Gasteiger partial charge in [-0.1, -0.05) is 12.2 Å². The third-order valence-corrected chi connectivity index (χ3v) is 3.34. The lowest BCUT2D eigenvalue weighted by molar-refractivity contribution is -0.114. The van der Waals surface area contributed by atoms with Gasteiger partial charge in [0.1, 0.15) is 18.3 Å². The Bertz CT molecular complexity index is 555. The lowest BCUT2D eigenvalue weighted by atomic mass is 10.1. The summed E-state index contributed by atoms with van der Waals surface area (Å²) >= 11 is 0. The molecule has 1 aliphatic heterocycles. The number of ether oxygens (including phenoxy) is 1. The number of rotatable bonds is 7. The van der Waals surface area contributed by atoms with E-state index in [9.17, 15) is 19.6 Å². The first-order valence-corrected chi connectivity index (χ1v) is 8.06. The first-order valence-electron chi connectivity index (χ1n) is 6.53. The average Bonchev–Trinajstić information content (AvgIpc) is 2.72. The number of nitrogens with zero attached hydrogens (tertiary/aromatic N) is 1. The van der Waals surface area contributed by atoms with E-state index in [0.29, 0.717) is 0 Å². The van der Waals surface area contributed by atoms with Gasteiger partial charge < -0.3 is 30.5 Å². The van der Waals surface area contributed by atoms with Crippen molar-refractivity contribution in [3.05, 3.63) is 23.8 Å². The summed E-state index contributed by atoms with van der Waals surface area (Å²) in [5, 5.41) is 19.5. The summed E-state index contributed by atoms with van der Waals surface area (Å²) in [5.74, 6) is -0.749. The van der Waals surface area contributed by atoms with Crippen LogP contribution in [0.4, 0.5) is 0 Å². The van der Waals surface area contributed by atoms with Crippen LogP contribution in [0.2, 0.25) is 0 Å². The highest BCUT2D eigenvalue weighted by Crippen LogP contribution is 2.37. The molecular formula is C12H19N2O8P. The van der Waals surface area contributed by atoms with Crippen LogP contribution in [0, 0.1) is 0 Å². The first-order chi connectivity index (χ1) is 10.7. The van der Waals surface area contributed by atoms with Crippen LogP contribution < -0.4 is 5.73 Å². The zero-order chi connectivity index (χ0) is 17.6. The summed E-state index contributed by atoms with van der Waals surface area (Å²) < 4.78 is 20.0. The minimum atomic E-state index is -4.73. The summed E-state index contributed by atoms with van der Waals surface area (Å²) in [4.78, 5) is 32.2. The number of amides is 1. The van der Waals surface area contributed by atoms with Crippen molar-refractivity contribution in [1.82, 2.24) is 0 Å². The molecule has 23 heavy (non-hydrogen) atoms. The quantitative estimate of drug-likeness (QED) is 0.161. The van der Waals surface area contributed by atoms with Gasteiger partial charge in [0.05, 0.1) is 12.2 Å². The van der Waals surface area contributed by atoms with E-state index in [1.165, 1.54) is 6.08 Å². The summed E-state index contributed by atoms with van der Waals surface area (Å²) in [5.41, 5.74) is 5.20. The topological polar surface area (TPSA) is 172 Å². The molecule has 1 heterocycles. The Kier molecular flexibility index (Phi) is 7.23. The maximum atomic E-state index is 11.2. The zero-order valence-electron chi connectivity index (χ0n) is 12.2. The average molecular weight is 350 g/mol. The molecule has 0 radical (unpaired) electrons. The third-order valence-electron chi connectivity index (χ3n) is 2.86. The van der Waals surface area contributed by atoms with Gasteiger partial charge in [-0.25, -0.2) is 4.57 Å². The summed E-state index contributed by atoms with van der Waals surface area (Å²) in [6, 6.07) is 0. The van der Waals surface area contributed by atoms with Crippen molar-refractivity contribution in [2.75, 3.05) is 6.61 Å². The van der Waals surface area contributed by atoms with Gasteiger partial charge in [0.15, 0.2) is 6.23 Å². The molecule has 4 atom stereocenters. The van der Waals surface area contributed by atoms with Crippen LogP contribution in [-0.2, 0) is 18.6 Å². The molecule has 6 N–H and O–H groups in total. The fourth-order valence-corrected chi connectivity index (χ4v) is 2.04. The standard InChI is InChI=1S/C12H19N2O8P/c1-2-3-4-7(11(13)17)5-14-12-10(16)9(15)8(22-12)6-21-23(18,19)20/h2-5,8-10,12,15-16H,6H2,1H3,(H2,13,17)(H2,18,19,20)/b3-2-,7-4+,14-5?/t8?,9-,10?,12-/m1/s1. The fraction of sp³-hybridized carbons (Fsp3) is 0.500. The number of carbonyl (C=O) groups excluding carboxylic acids is 1.